The van der Waals surface area contributed by atoms with E-state index in [0.29, 0.717) is 0 Å². The molecule has 0 N–H and O–H groups in total. The lowest BCUT2D eigenvalue weighted by atomic mass is 10.7. The van der Waals surface area contributed by atoms with Gasteiger partial charge < -0.3 is 4.57 Å². The van der Waals surface area contributed by atoms with Crippen LogP contribution in [-0.4, -0.2) is 4.57 Å². The van der Waals surface area contributed by atoms with Crippen LogP contribution >= 0.6 is 0 Å². The number of rotatable bonds is 0. The van der Waals surface area contributed by atoms with Gasteiger partial charge in [0.05, 0.1) is 0 Å². The van der Waals surface area contributed by atoms with Gasteiger partial charge >= 0.3 is 0 Å². The average molecular weight is 171 g/mol. The highest BCUT2D eigenvalue weighted by molar-refractivity contribution is 4.88. The highest BCUT2D eigenvalue weighted by Crippen LogP contribution is 1.80. The van der Waals surface area contributed by atoms with Crippen LogP contribution in [0.15, 0.2) is 24.5 Å². The van der Waals surface area contributed by atoms with Gasteiger partial charge in [0.1, 0.15) is 0 Å². The van der Waals surface area contributed by atoms with Crippen molar-refractivity contribution < 1.29 is 0 Å². The van der Waals surface area contributed by atoms with E-state index < -0.39 is 0 Å². The van der Waals surface area contributed by atoms with Gasteiger partial charge in [0.15, 0.2) is 0 Å². The van der Waals surface area contributed by atoms with Crippen LogP contribution in [0, 0.1) is 0 Å². The number of hydrogen-bond acceptors (Lipinski definition) is 0. The largest absolute Gasteiger partial charge is 0.357 e. The van der Waals surface area contributed by atoms with Gasteiger partial charge in [-0.2, -0.15) is 0 Å². The van der Waals surface area contributed by atoms with Gasteiger partial charge in [0, 0.05) is 19.4 Å². The molecule has 1 aromatic heterocycles. The van der Waals surface area contributed by atoms with E-state index in [1.165, 1.54) is 0 Å². The lowest BCUT2D eigenvalue weighted by Crippen LogP contribution is -1.75. The molecule has 0 atom stereocenters. The molecule has 0 aliphatic heterocycles. The third-order valence-electron chi connectivity index (χ3n) is 0.754. The highest BCUT2D eigenvalue weighted by Gasteiger charge is 1.68. The molecule has 1 nitrogen and oxygen atoms in total. The van der Waals surface area contributed by atoms with Crippen LogP contribution in [0.25, 0.3) is 0 Å². The Morgan fingerprint density at radius 3 is 1.00 bits per heavy atom. The maximum absolute atomic E-state index is 2.00. The molecule has 0 unspecified atom stereocenters. The van der Waals surface area contributed by atoms with Crippen molar-refractivity contribution in [3.8, 4) is 0 Å². The lowest BCUT2D eigenvalue weighted by molar-refractivity contribution is 0.928. The summed E-state index contributed by atoms with van der Waals surface area (Å²) in [4.78, 5) is 0. The number of aryl methyl sites for hydroxylation is 1. The molecule has 0 saturated carbocycles. The molecule has 1 aromatic rings. The second-order valence-electron chi connectivity index (χ2n) is 1.35. The Bertz CT molecular complexity index is 109. The maximum atomic E-state index is 2.00. The van der Waals surface area contributed by atoms with E-state index >= 15 is 0 Å². The first-order chi connectivity index (χ1) is 5.89. The Labute approximate surface area is 78.4 Å². The van der Waals surface area contributed by atoms with Crippen molar-refractivity contribution in [1.29, 1.82) is 0 Å². The molecule has 0 aliphatic rings. The zero-order valence-electron chi connectivity index (χ0n) is 9.76. The van der Waals surface area contributed by atoms with E-state index in [1.54, 1.807) is 0 Å². The summed E-state index contributed by atoms with van der Waals surface area (Å²) in [5, 5.41) is 0. The van der Waals surface area contributed by atoms with Gasteiger partial charge in [-0.25, -0.2) is 0 Å². The topological polar surface area (TPSA) is 4.93 Å². The first-order valence-electron chi connectivity index (χ1n) is 4.96. The summed E-state index contributed by atoms with van der Waals surface area (Å²) in [5.74, 6) is 0. The highest BCUT2D eigenvalue weighted by atomic mass is 14.9. The summed E-state index contributed by atoms with van der Waals surface area (Å²) in [5.41, 5.74) is 0. The van der Waals surface area contributed by atoms with Crippen LogP contribution < -0.4 is 0 Å². The zero-order chi connectivity index (χ0) is 10.4. The van der Waals surface area contributed by atoms with Crippen molar-refractivity contribution in [2.45, 2.75) is 41.5 Å². The molecule has 0 saturated heterocycles. The minimum atomic E-state index is 2.00. The molecule has 0 aliphatic carbocycles. The van der Waals surface area contributed by atoms with Gasteiger partial charge in [-0.05, 0) is 12.1 Å². The van der Waals surface area contributed by atoms with Crippen LogP contribution in [0.3, 0.4) is 0 Å². The Hall–Kier alpha value is -0.720. The molecule has 1 heteroatoms. The standard InChI is InChI=1S/C5H7N.3C2H6/c1-6-4-2-3-5-6;3*1-2/h2-5H,1H3;3*1-2H3. The molecule has 0 spiro atoms. The van der Waals surface area contributed by atoms with E-state index in [1.807, 2.05) is 77.7 Å². The summed E-state index contributed by atoms with van der Waals surface area (Å²) >= 11 is 0. The second-order valence-corrected chi connectivity index (χ2v) is 1.35. The monoisotopic (exact) mass is 171 g/mol. The van der Waals surface area contributed by atoms with Crippen LogP contribution in [0.1, 0.15) is 41.5 Å². The van der Waals surface area contributed by atoms with Gasteiger partial charge in [0.25, 0.3) is 0 Å². The zero-order valence-corrected chi connectivity index (χ0v) is 9.76. The predicted molar refractivity (Wildman–Crippen MR) is 59.5 cm³/mol. The van der Waals surface area contributed by atoms with Gasteiger partial charge in [0.2, 0.25) is 0 Å². The summed E-state index contributed by atoms with van der Waals surface area (Å²) in [6.07, 6.45) is 4.00. The quantitative estimate of drug-likeness (QED) is 0.554. The lowest BCUT2D eigenvalue weighted by Gasteiger charge is -1.79. The molecule has 0 bridgehead atoms. The Morgan fingerprint density at radius 2 is 0.917 bits per heavy atom. The van der Waals surface area contributed by atoms with Crippen LogP contribution in [0.2, 0.25) is 0 Å². The summed E-state index contributed by atoms with van der Waals surface area (Å²) in [7, 11) is 2.00. The average Bonchev–Trinajstić information content (AvgIpc) is 2.66. The van der Waals surface area contributed by atoms with Crippen LogP contribution in [0.4, 0.5) is 0 Å². The summed E-state index contributed by atoms with van der Waals surface area (Å²) in [6.45, 7) is 12.0. The predicted octanol–water partition coefficient (Wildman–Crippen LogP) is 4.10. The van der Waals surface area contributed by atoms with Gasteiger partial charge in [-0.15, -0.1) is 0 Å². The first-order valence-corrected chi connectivity index (χ1v) is 4.96. The number of hydrogen-bond donors (Lipinski definition) is 0. The van der Waals surface area contributed by atoms with Crippen LogP contribution in [-0.2, 0) is 7.05 Å². The molecule has 1 rings (SSSR count). The molecular formula is C11H25N. The van der Waals surface area contributed by atoms with Gasteiger partial charge in [-0.3, -0.25) is 0 Å². The SMILES string of the molecule is CC.CC.CC.Cn1cccc1. The van der Waals surface area contributed by atoms with Crippen molar-refractivity contribution in [2.24, 2.45) is 7.05 Å². The molecular weight excluding hydrogens is 146 g/mol. The fourth-order valence-corrected chi connectivity index (χ4v) is 0.421. The van der Waals surface area contributed by atoms with Crippen molar-refractivity contribution in [3.63, 3.8) is 0 Å². The van der Waals surface area contributed by atoms with E-state index in [-0.39, 0.29) is 0 Å². The molecule has 0 amide bonds. The van der Waals surface area contributed by atoms with Crippen molar-refractivity contribution in [2.75, 3.05) is 0 Å². The smallest absolute Gasteiger partial charge is 0.0106 e. The maximum Gasteiger partial charge on any atom is 0.0106 e. The van der Waals surface area contributed by atoms with E-state index in [2.05, 4.69) is 0 Å². The second kappa shape index (κ2) is 22.4. The van der Waals surface area contributed by atoms with E-state index in [0.717, 1.165) is 0 Å². The van der Waals surface area contributed by atoms with E-state index in [9.17, 15) is 0 Å². The summed E-state index contributed by atoms with van der Waals surface area (Å²) in [6, 6.07) is 4.00. The van der Waals surface area contributed by atoms with E-state index in [4.69, 9.17) is 0 Å². The normalized spacial score (nSPS) is 5.92. The molecule has 12 heavy (non-hydrogen) atoms. The van der Waals surface area contributed by atoms with Crippen molar-refractivity contribution in [3.05, 3.63) is 24.5 Å². The molecule has 74 valence electrons. The Balaban J connectivity index is -0.000000117. The van der Waals surface area contributed by atoms with Crippen LogP contribution in [0.5, 0.6) is 0 Å². The number of aromatic nitrogens is 1. The minimum absolute atomic E-state index is 2.00. The third-order valence-corrected chi connectivity index (χ3v) is 0.754. The fourth-order valence-electron chi connectivity index (χ4n) is 0.421. The number of nitrogens with zero attached hydrogens (tertiary/aromatic N) is 1. The summed E-state index contributed by atoms with van der Waals surface area (Å²) < 4.78 is 2.00. The Morgan fingerprint density at radius 1 is 0.667 bits per heavy atom. The minimum Gasteiger partial charge on any atom is -0.357 e. The molecule has 1 heterocycles. The van der Waals surface area contributed by atoms with Gasteiger partial charge in [-0.1, -0.05) is 41.5 Å². The first kappa shape index (κ1) is 17.4. The Kier molecular flexibility index (Phi) is 32.5. The molecule has 0 fully saturated rings. The van der Waals surface area contributed by atoms with Crippen molar-refractivity contribution >= 4 is 0 Å². The van der Waals surface area contributed by atoms with Crippen molar-refractivity contribution in [1.82, 2.24) is 4.57 Å². The third kappa shape index (κ3) is 16.1. The molecule has 0 aromatic carbocycles. The molecule has 0 radical (unpaired) electrons. The fraction of sp³-hybridized carbons (Fsp3) is 0.636.